The maximum absolute atomic E-state index is 4.88. The van der Waals surface area contributed by atoms with Gasteiger partial charge in [-0.25, -0.2) is 0 Å². The minimum Gasteiger partial charge on any atom is -0.360 e. The van der Waals surface area contributed by atoms with Crippen molar-refractivity contribution in [2.75, 3.05) is 0 Å². The second-order valence-corrected chi connectivity index (χ2v) is 2.38. The molecule has 0 aliphatic heterocycles. The van der Waals surface area contributed by atoms with Crippen molar-refractivity contribution in [3.05, 3.63) is 30.7 Å². The molecule has 1 aromatic heterocycles. The summed E-state index contributed by atoms with van der Waals surface area (Å²) in [6, 6.07) is 2.14. The van der Waals surface area contributed by atoms with Crippen molar-refractivity contribution in [2.45, 2.75) is 19.5 Å². The van der Waals surface area contributed by atoms with Gasteiger partial charge in [-0.1, -0.05) is 11.2 Å². The molecular formula is C8H12N2O. The predicted octanol–water partition coefficient (Wildman–Crippen LogP) is 1.34. The fraction of sp³-hybridized carbons (Fsp3) is 0.375. The molecular weight excluding hydrogens is 140 g/mol. The molecule has 0 radical (unpaired) electrons. The number of nitrogens with one attached hydrogen (secondary N) is 1. The summed E-state index contributed by atoms with van der Waals surface area (Å²) >= 11 is 0. The molecule has 0 spiro atoms. The Morgan fingerprint density at radius 2 is 2.73 bits per heavy atom. The zero-order valence-corrected chi connectivity index (χ0v) is 6.58. The Morgan fingerprint density at radius 1 is 1.91 bits per heavy atom. The first-order valence-corrected chi connectivity index (χ1v) is 3.58. The smallest absolute Gasteiger partial charge is 0.150 e. The zero-order valence-electron chi connectivity index (χ0n) is 6.58. The van der Waals surface area contributed by atoms with Gasteiger partial charge in [-0.05, 0) is 6.92 Å². The average Bonchev–Trinajstić information content (AvgIpc) is 2.52. The lowest BCUT2D eigenvalue weighted by Gasteiger charge is -2.05. The minimum absolute atomic E-state index is 0.306. The van der Waals surface area contributed by atoms with Gasteiger partial charge in [0.25, 0.3) is 0 Å². The largest absolute Gasteiger partial charge is 0.360 e. The van der Waals surface area contributed by atoms with Crippen molar-refractivity contribution < 1.29 is 4.52 Å². The molecule has 1 atom stereocenters. The van der Waals surface area contributed by atoms with Gasteiger partial charge >= 0.3 is 0 Å². The first-order chi connectivity index (χ1) is 5.33. The van der Waals surface area contributed by atoms with E-state index in [0.717, 1.165) is 5.76 Å². The van der Waals surface area contributed by atoms with Gasteiger partial charge in [-0.3, -0.25) is 0 Å². The van der Waals surface area contributed by atoms with E-state index < -0.39 is 0 Å². The molecule has 3 nitrogen and oxygen atoms in total. The molecule has 11 heavy (non-hydrogen) atoms. The average molecular weight is 152 g/mol. The van der Waals surface area contributed by atoms with Crippen molar-refractivity contribution in [1.29, 1.82) is 0 Å². The third-order valence-electron chi connectivity index (χ3n) is 1.44. The van der Waals surface area contributed by atoms with Crippen LogP contribution in [-0.4, -0.2) is 11.2 Å². The van der Waals surface area contributed by atoms with Gasteiger partial charge in [-0.15, -0.1) is 6.58 Å². The van der Waals surface area contributed by atoms with E-state index in [2.05, 4.69) is 17.1 Å². The molecule has 0 saturated heterocycles. The Hall–Kier alpha value is -1.09. The van der Waals surface area contributed by atoms with E-state index in [1.54, 1.807) is 6.20 Å². The van der Waals surface area contributed by atoms with Gasteiger partial charge in [0.15, 0.2) is 0 Å². The normalized spacial score (nSPS) is 12.8. The van der Waals surface area contributed by atoms with E-state index in [4.69, 9.17) is 4.52 Å². The van der Waals surface area contributed by atoms with Crippen molar-refractivity contribution in [1.82, 2.24) is 10.5 Å². The monoisotopic (exact) mass is 152 g/mol. The molecule has 0 fully saturated rings. The first-order valence-electron chi connectivity index (χ1n) is 3.58. The summed E-state index contributed by atoms with van der Waals surface area (Å²) in [4.78, 5) is 0. The van der Waals surface area contributed by atoms with Gasteiger partial charge in [0.2, 0.25) is 0 Å². The maximum atomic E-state index is 4.88. The maximum Gasteiger partial charge on any atom is 0.150 e. The standard InChI is InChI=1S/C8H12N2O/c1-3-7(2)9-6-8-4-5-10-11-8/h3-5,7,9H,1,6H2,2H3. The molecule has 3 heteroatoms. The third kappa shape index (κ3) is 2.55. The van der Waals surface area contributed by atoms with Gasteiger partial charge < -0.3 is 9.84 Å². The lowest BCUT2D eigenvalue weighted by atomic mass is 10.3. The van der Waals surface area contributed by atoms with Crippen LogP contribution in [0.1, 0.15) is 12.7 Å². The fourth-order valence-corrected chi connectivity index (χ4v) is 0.678. The van der Waals surface area contributed by atoms with Crippen LogP contribution in [0.4, 0.5) is 0 Å². The van der Waals surface area contributed by atoms with Crippen molar-refractivity contribution in [2.24, 2.45) is 0 Å². The molecule has 0 amide bonds. The van der Waals surface area contributed by atoms with Crippen LogP contribution in [0.5, 0.6) is 0 Å². The highest BCUT2D eigenvalue weighted by Gasteiger charge is 1.97. The Morgan fingerprint density at radius 3 is 3.27 bits per heavy atom. The number of hydrogen-bond donors (Lipinski definition) is 1. The summed E-state index contributed by atoms with van der Waals surface area (Å²) in [6.45, 7) is 6.38. The molecule has 1 unspecified atom stereocenters. The van der Waals surface area contributed by atoms with E-state index in [0.29, 0.717) is 12.6 Å². The Labute approximate surface area is 66.1 Å². The number of rotatable bonds is 4. The summed E-state index contributed by atoms with van der Waals surface area (Å²) in [7, 11) is 0. The highest BCUT2D eigenvalue weighted by molar-refractivity contribution is 4.93. The topological polar surface area (TPSA) is 38.1 Å². The highest BCUT2D eigenvalue weighted by atomic mass is 16.5. The summed E-state index contributed by atoms with van der Waals surface area (Å²) in [5.41, 5.74) is 0. The Bertz CT molecular complexity index is 206. The molecule has 0 aliphatic carbocycles. The molecule has 0 aromatic carbocycles. The van der Waals surface area contributed by atoms with Crippen molar-refractivity contribution in [3.63, 3.8) is 0 Å². The van der Waals surface area contributed by atoms with Crippen molar-refractivity contribution in [3.8, 4) is 0 Å². The van der Waals surface area contributed by atoms with Crippen LogP contribution in [0.3, 0.4) is 0 Å². The zero-order chi connectivity index (χ0) is 8.10. The van der Waals surface area contributed by atoms with Gasteiger partial charge in [0.05, 0.1) is 12.7 Å². The lowest BCUT2D eigenvalue weighted by Crippen LogP contribution is -2.22. The van der Waals surface area contributed by atoms with Gasteiger partial charge in [-0.2, -0.15) is 0 Å². The third-order valence-corrected chi connectivity index (χ3v) is 1.44. The molecule has 0 saturated carbocycles. The summed E-state index contributed by atoms with van der Waals surface area (Å²) in [6.07, 6.45) is 3.48. The lowest BCUT2D eigenvalue weighted by molar-refractivity contribution is 0.370. The SMILES string of the molecule is C=CC(C)NCc1ccno1. The Balaban J connectivity index is 2.28. The van der Waals surface area contributed by atoms with Crippen LogP contribution in [0.2, 0.25) is 0 Å². The molecule has 1 N–H and O–H groups in total. The Kier molecular flexibility index (Phi) is 2.86. The van der Waals surface area contributed by atoms with E-state index in [1.165, 1.54) is 0 Å². The second kappa shape index (κ2) is 3.93. The highest BCUT2D eigenvalue weighted by Crippen LogP contribution is 1.95. The van der Waals surface area contributed by atoms with Crippen LogP contribution < -0.4 is 5.32 Å². The molecule has 1 rings (SSSR count). The van der Waals surface area contributed by atoms with Crippen LogP contribution in [0, 0.1) is 0 Å². The van der Waals surface area contributed by atoms with Crippen LogP contribution >= 0.6 is 0 Å². The van der Waals surface area contributed by atoms with Gasteiger partial charge in [0, 0.05) is 12.1 Å². The van der Waals surface area contributed by atoms with E-state index >= 15 is 0 Å². The fourth-order valence-electron chi connectivity index (χ4n) is 0.678. The van der Waals surface area contributed by atoms with Crippen molar-refractivity contribution >= 4 is 0 Å². The number of hydrogen-bond acceptors (Lipinski definition) is 3. The first kappa shape index (κ1) is 8.01. The van der Waals surface area contributed by atoms with E-state index in [9.17, 15) is 0 Å². The summed E-state index contributed by atoms with van der Waals surface area (Å²) in [5, 5.41) is 6.77. The van der Waals surface area contributed by atoms with Crippen LogP contribution in [0.15, 0.2) is 29.4 Å². The molecule has 60 valence electrons. The molecule has 1 aromatic rings. The quantitative estimate of drug-likeness (QED) is 0.661. The summed E-state index contributed by atoms with van der Waals surface area (Å²) in [5.74, 6) is 0.846. The predicted molar refractivity (Wildman–Crippen MR) is 43.0 cm³/mol. The molecule has 0 bridgehead atoms. The van der Waals surface area contributed by atoms with Crippen LogP contribution in [-0.2, 0) is 6.54 Å². The number of aromatic nitrogens is 1. The van der Waals surface area contributed by atoms with Crippen LogP contribution in [0.25, 0.3) is 0 Å². The second-order valence-electron chi connectivity index (χ2n) is 2.38. The molecule has 0 aliphatic rings. The molecule has 1 heterocycles. The van der Waals surface area contributed by atoms with E-state index in [-0.39, 0.29) is 0 Å². The van der Waals surface area contributed by atoms with Gasteiger partial charge in [0.1, 0.15) is 5.76 Å². The minimum atomic E-state index is 0.306. The number of nitrogens with zero attached hydrogens (tertiary/aromatic N) is 1. The van der Waals surface area contributed by atoms with E-state index in [1.807, 2.05) is 19.1 Å². The summed E-state index contributed by atoms with van der Waals surface area (Å²) < 4.78 is 4.88.